The van der Waals surface area contributed by atoms with Gasteiger partial charge in [-0.25, -0.2) is 5.01 Å². The summed E-state index contributed by atoms with van der Waals surface area (Å²) in [5.41, 5.74) is 10.3. The second kappa shape index (κ2) is 6.74. The predicted molar refractivity (Wildman–Crippen MR) is 108 cm³/mol. The molecule has 0 aromatic heterocycles. The lowest BCUT2D eigenvalue weighted by Gasteiger charge is -2.26. The Labute approximate surface area is 163 Å². The summed E-state index contributed by atoms with van der Waals surface area (Å²) < 4.78 is 16.2. The topological polar surface area (TPSA) is 69.3 Å². The van der Waals surface area contributed by atoms with Crippen LogP contribution in [0.5, 0.6) is 17.2 Å². The minimum Gasteiger partial charge on any atom is -0.497 e. The highest BCUT2D eigenvalue weighted by atomic mass is 32.1. The molecule has 2 aliphatic rings. The fourth-order valence-electron chi connectivity index (χ4n) is 3.96. The second-order valence-corrected chi connectivity index (χ2v) is 6.98. The summed E-state index contributed by atoms with van der Waals surface area (Å²) in [7, 11) is 4.93. The van der Waals surface area contributed by atoms with Crippen LogP contribution in [0.2, 0.25) is 0 Å². The highest BCUT2D eigenvalue weighted by Gasteiger charge is 2.45. The molecule has 4 rings (SSSR count). The van der Waals surface area contributed by atoms with Crippen molar-refractivity contribution in [2.75, 3.05) is 21.3 Å². The lowest BCUT2D eigenvalue weighted by atomic mass is 9.90. The Balaban J connectivity index is 1.77. The van der Waals surface area contributed by atoms with Gasteiger partial charge in [0.1, 0.15) is 5.75 Å². The molecule has 6 nitrogen and oxygen atoms in total. The fraction of sp³-hybridized carbons (Fsp3) is 0.300. The molecule has 0 bridgehead atoms. The third-order valence-electron chi connectivity index (χ3n) is 5.22. The molecule has 2 aromatic rings. The Hall–Kier alpha value is -2.80. The molecule has 140 valence electrons. The van der Waals surface area contributed by atoms with Gasteiger partial charge in [0, 0.05) is 11.5 Å². The van der Waals surface area contributed by atoms with Gasteiger partial charge in [0.05, 0.1) is 33.1 Å². The van der Waals surface area contributed by atoms with Crippen molar-refractivity contribution < 1.29 is 14.2 Å². The van der Waals surface area contributed by atoms with Crippen LogP contribution >= 0.6 is 12.2 Å². The van der Waals surface area contributed by atoms with E-state index in [1.807, 2.05) is 36.4 Å². The molecule has 2 N–H and O–H groups in total. The molecule has 0 saturated heterocycles. The summed E-state index contributed by atoms with van der Waals surface area (Å²) in [5, 5.41) is 6.79. The van der Waals surface area contributed by atoms with Gasteiger partial charge in [-0.1, -0.05) is 12.1 Å². The van der Waals surface area contributed by atoms with Crippen molar-refractivity contribution in [2.24, 2.45) is 16.8 Å². The largest absolute Gasteiger partial charge is 0.497 e. The molecule has 0 spiro atoms. The number of fused-ring (bicyclic) bond motifs is 3. The van der Waals surface area contributed by atoms with Crippen molar-refractivity contribution >= 4 is 23.0 Å². The first-order chi connectivity index (χ1) is 13.1. The predicted octanol–water partition coefficient (Wildman–Crippen LogP) is 2.89. The number of nitrogens with zero attached hydrogens (tertiary/aromatic N) is 2. The van der Waals surface area contributed by atoms with Crippen LogP contribution in [-0.2, 0) is 6.42 Å². The number of methoxy groups -OCH3 is 3. The molecular weight excluding hydrogens is 362 g/mol. The normalized spacial score (nSPS) is 20.0. The van der Waals surface area contributed by atoms with E-state index in [-0.39, 0.29) is 17.1 Å². The quantitative estimate of drug-likeness (QED) is 0.819. The third-order valence-corrected chi connectivity index (χ3v) is 5.41. The maximum Gasteiger partial charge on any atom is 0.187 e. The van der Waals surface area contributed by atoms with E-state index < -0.39 is 0 Å². The summed E-state index contributed by atoms with van der Waals surface area (Å²) in [6, 6.07) is 11.9. The zero-order chi connectivity index (χ0) is 19.1. The molecule has 27 heavy (non-hydrogen) atoms. The fourth-order valence-corrected chi connectivity index (χ4v) is 4.11. The van der Waals surface area contributed by atoms with E-state index in [9.17, 15) is 0 Å². The molecule has 1 heterocycles. The van der Waals surface area contributed by atoms with Gasteiger partial charge in [0.2, 0.25) is 0 Å². The van der Waals surface area contributed by atoms with Crippen LogP contribution in [0.25, 0.3) is 0 Å². The molecule has 1 aliphatic heterocycles. The number of hydrogen-bond donors (Lipinski definition) is 1. The molecular formula is C20H21N3O3S. The highest BCUT2D eigenvalue weighted by Crippen LogP contribution is 2.46. The Kier molecular flexibility index (Phi) is 4.39. The minimum atomic E-state index is -0.0483. The lowest BCUT2D eigenvalue weighted by Crippen LogP contribution is -2.34. The minimum absolute atomic E-state index is 0.0483. The number of thiocarbonyl (C=S) groups is 1. The first-order valence-corrected chi connectivity index (χ1v) is 9.04. The highest BCUT2D eigenvalue weighted by molar-refractivity contribution is 7.80. The number of benzene rings is 2. The van der Waals surface area contributed by atoms with Crippen molar-refractivity contribution in [3.05, 3.63) is 53.1 Å². The number of nitrogens with two attached hydrogens (primary N) is 1. The summed E-state index contributed by atoms with van der Waals surface area (Å²) >= 11 is 5.27. The van der Waals surface area contributed by atoms with Gasteiger partial charge in [-0.3, -0.25) is 0 Å². The van der Waals surface area contributed by atoms with E-state index in [0.29, 0.717) is 5.75 Å². The van der Waals surface area contributed by atoms with E-state index in [2.05, 4.69) is 0 Å². The first kappa shape index (κ1) is 17.6. The number of hydrazone groups is 1. The van der Waals surface area contributed by atoms with E-state index in [0.717, 1.165) is 34.8 Å². The summed E-state index contributed by atoms with van der Waals surface area (Å²) in [6.45, 7) is 0. The van der Waals surface area contributed by atoms with E-state index in [1.165, 1.54) is 5.56 Å². The zero-order valence-corrected chi connectivity index (χ0v) is 16.2. The molecule has 2 unspecified atom stereocenters. The van der Waals surface area contributed by atoms with Gasteiger partial charge in [-0.2, -0.15) is 5.10 Å². The van der Waals surface area contributed by atoms with Crippen molar-refractivity contribution in [1.29, 1.82) is 0 Å². The Bertz CT molecular complexity index is 927. The molecule has 0 fully saturated rings. The van der Waals surface area contributed by atoms with Crippen LogP contribution in [0.1, 0.15) is 22.7 Å². The molecule has 2 aromatic carbocycles. The van der Waals surface area contributed by atoms with Gasteiger partial charge in [0.25, 0.3) is 0 Å². The molecule has 0 amide bonds. The molecule has 2 atom stereocenters. The lowest BCUT2D eigenvalue weighted by molar-refractivity contribution is 0.318. The Morgan fingerprint density at radius 3 is 2.33 bits per heavy atom. The number of rotatable bonds is 4. The number of hydrogen-bond acceptors (Lipinski definition) is 5. The van der Waals surface area contributed by atoms with Crippen LogP contribution in [0.3, 0.4) is 0 Å². The van der Waals surface area contributed by atoms with E-state index in [1.54, 1.807) is 26.3 Å². The van der Waals surface area contributed by atoms with Crippen LogP contribution in [0.15, 0.2) is 41.5 Å². The van der Waals surface area contributed by atoms with Crippen LogP contribution in [0.4, 0.5) is 0 Å². The van der Waals surface area contributed by atoms with Gasteiger partial charge < -0.3 is 19.9 Å². The average Bonchev–Trinajstić information content (AvgIpc) is 3.22. The maximum absolute atomic E-state index is 5.99. The van der Waals surface area contributed by atoms with Gasteiger partial charge in [-0.05, 0) is 54.0 Å². The van der Waals surface area contributed by atoms with E-state index >= 15 is 0 Å². The smallest absolute Gasteiger partial charge is 0.187 e. The standard InChI is InChI=1S/C20H21N3O3S/c1-24-13-6-4-11(5-7-13)19-15-8-12-9-16(25-2)17(26-3)10-14(12)18(15)22-23(19)20(21)27/h4-7,9-10,15,19H,8H2,1-3H3,(H2,21,27). The molecule has 7 heteroatoms. The summed E-state index contributed by atoms with van der Waals surface area (Å²) in [4.78, 5) is 0. The van der Waals surface area contributed by atoms with Gasteiger partial charge in [-0.15, -0.1) is 0 Å². The van der Waals surface area contributed by atoms with Crippen molar-refractivity contribution in [3.63, 3.8) is 0 Å². The molecule has 0 saturated carbocycles. The molecule has 1 aliphatic carbocycles. The van der Waals surface area contributed by atoms with Gasteiger partial charge in [0.15, 0.2) is 16.6 Å². The monoisotopic (exact) mass is 383 g/mol. The molecule has 0 radical (unpaired) electrons. The average molecular weight is 383 g/mol. The number of ether oxygens (including phenoxy) is 3. The van der Waals surface area contributed by atoms with Crippen LogP contribution < -0.4 is 19.9 Å². The maximum atomic E-state index is 5.99. The zero-order valence-electron chi connectivity index (χ0n) is 15.4. The Morgan fingerprint density at radius 2 is 1.74 bits per heavy atom. The van der Waals surface area contributed by atoms with Crippen LogP contribution in [-0.4, -0.2) is 37.2 Å². The first-order valence-electron chi connectivity index (χ1n) is 8.63. The van der Waals surface area contributed by atoms with Crippen LogP contribution in [0, 0.1) is 5.92 Å². The van der Waals surface area contributed by atoms with Crippen molar-refractivity contribution in [3.8, 4) is 17.2 Å². The second-order valence-electron chi connectivity index (χ2n) is 6.56. The summed E-state index contributed by atoms with van der Waals surface area (Å²) in [6.07, 6.45) is 0.838. The van der Waals surface area contributed by atoms with Crippen molar-refractivity contribution in [1.82, 2.24) is 5.01 Å². The Morgan fingerprint density at radius 1 is 1.07 bits per heavy atom. The SMILES string of the molecule is COc1ccc(C2C3Cc4cc(OC)c(OC)cc4C3=NN2C(N)=S)cc1. The van der Waals surface area contributed by atoms with Gasteiger partial charge >= 0.3 is 0 Å². The van der Waals surface area contributed by atoms with E-state index in [4.69, 9.17) is 37.3 Å². The third kappa shape index (κ3) is 2.78. The summed E-state index contributed by atoms with van der Waals surface area (Å²) in [5.74, 6) is 2.38. The van der Waals surface area contributed by atoms with Crippen molar-refractivity contribution in [2.45, 2.75) is 12.5 Å².